The number of fused-ring (bicyclic) bond motifs is 1. The highest BCUT2D eigenvalue weighted by Gasteiger charge is 2.74. The fourth-order valence-corrected chi connectivity index (χ4v) is 5.56. The number of ether oxygens (including phenoxy) is 2. The molecule has 0 aromatic heterocycles. The summed E-state index contributed by atoms with van der Waals surface area (Å²) in [5.41, 5.74) is -0.573. The molecule has 0 saturated carbocycles. The van der Waals surface area contributed by atoms with Crippen LogP contribution in [0, 0.1) is 11.8 Å². The summed E-state index contributed by atoms with van der Waals surface area (Å²) >= 11 is 0. The van der Waals surface area contributed by atoms with Crippen molar-refractivity contribution < 1.29 is 34.1 Å². The molecule has 2 N–H and O–H groups in total. The highest BCUT2D eigenvalue weighted by atomic mass is 16.5. The number of hydrogen-bond donors (Lipinski definition) is 2. The molecule has 1 aromatic carbocycles. The van der Waals surface area contributed by atoms with Crippen LogP contribution >= 0.6 is 0 Å². The number of anilines is 1. The van der Waals surface area contributed by atoms with Crippen molar-refractivity contribution >= 4 is 23.5 Å². The molecule has 3 fully saturated rings. The van der Waals surface area contributed by atoms with E-state index in [-0.39, 0.29) is 37.9 Å². The third kappa shape index (κ3) is 3.27. The average Bonchev–Trinajstić information content (AvgIpc) is 3.43. The third-order valence-corrected chi connectivity index (χ3v) is 6.84. The smallest absolute Gasteiger partial charge is 0.310 e. The van der Waals surface area contributed by atoms with E-state index in [1.54, 1.807) is 37.5 Å². The van der Waals surface area contributed by atoms with Crippen LogP contribution < -0.4 is 9.64 Å². The number of hydrogen-bond acceptors (Lipinski definition) is 6. The molecule has 3 aliphatic heterocycles. The number of carboxylic acids is 1. The SMILES string of the molecule is C=CCN(C(=O)C1N(CCCO)C(=O)[C@@H]2[C@@H](C(=O)O)[C@H]3CCC12O3)c1ccc(OC)cc1. The van der Waals surface area contributed by atoms with Crippen LogP contribution in [0.5, 0.6) is 5.75 Å². The average molecular weight is 444 g/mol. The predicted molar refractivity (Wildman–Crippen MR) is 114 cm³/mol. The summed E-state index contributed by atoms with van der Waals surface area (Å²) in [5.74, 6) is -3.06. The lowest BCUT2D eigenvalue weighted by Gasteiger charge is -2.36. The van der Waals surface area contributed by atoms with E-state index in [4.69, 9.17) is 9.47 Å². The molecule has 9 nitrogen and oxygen atoms in total. The number of nitrogens with zero attached hydrogens (tertiary/aromatic N) is 2. The van der Waals surface area contributed by atoms with E-state index in [0.717, 1.165) is 0 Å². The van der Waals surface area contributed by atoms with Crippen molar-refractivity contribution in [2.45, 2.75) is 37.0 Å². The maximum absolute atomic E-state index is 14.0. The summed E-state index contributed by atoms with van der Waals surface area (Å²) < 4.78 is 11.4. The highest BCUT2D eigenvalue weighted by molar-refractivity contribution is 6.04. The lowest BCUT2D eigenvalue weighted by molar-refractivity contribution is -0.149. The Bertz CT molecular complexity index is 917. The van der Waals surface area contributed by atoms with Gasteiger partial charge in [-0.15, -0.1) is 6.58 Å². The van der Waals surface area contributed by atoms with E-state index < -0.39 is 35.6 Å². The van der Waals surface area contributed by atoms with Crippen LogP contribution in [0.3, 0.4) is 0 Å². The molecule has 4 rings (SSSR count). The molecule has 1 aromatic rings. The zero-order valence-electron chi connectivity index (χ0n) is 18.0. The van der Waals surface area contributed by atoms with Gasteiger partial charge in [-0.3, -0.25) is 14.4 Å². The molecule has 0 radical (unpaired) electrons. The minimum absolute atomic E-state index is 0.148. The quantitative estimate of drug-likeness (QED) is 0.547. The van der Waals surface area contributed by atoms with E-state index in [1.165, 1.54) is 9.80 Å². The summed E-state index contributed by atoms with van der Waals surface area (Å²) in [6, 6.07) is 6.00. The molecule has 3 aliphatic rings. The molecular formula is C23H28N2O7. The molecular weight excluding hydrogens is 416 g/mol. The lowest BCUT2D eigenvalue weighted by atomic mass is 9.70. The van der Waals surface area contributed by atoms with Gasteiger partial charge in [-0.25, -0.2) is 0 Å². The lowest BCUT2D eigenvalue weighted by Crippen LogP contribution is -2.56. The second-order valence-electron chi connectivity index (χ2n) is 8.44. The summed E-state index contributed by atoms with van der Waals surface area (Å²) in [5, 5.41) is 19.1. The zero-order valence-corrected chi connectivity index (χ0v) is 18.0. The fraction of sp³-hybridized carbons (Fsp3) is 0.522. The number of carbonyl (C=O) groups is 3. The maximum atomic E-state index is 14.0. The largest absolute Gasteiger partial charge is 0.497 e. The number of aliphatic hydroxyl groups excluding tert-OH is 1. The first kappa shape index (κ1) is 22.3. The second-order valence-corrected chi connectivity index (χ2v) is 8.44. The Morgan fingerprint density at radius 1 is 1.38 bits per heavy atom. The minimum Gasteiger partial charge on any atom is -0.497 e. The number of aliphatic hydroxyl groups is 1. The van der Waals surface area contributed by atoms with Crippen molar-refractivity contribution in [3.63, 3.8) is 0 Å². The first-order valence-corrected chi connectivity index (χ1v) is 10.8. The molecule has 9 heteroatoms. The number of amides is 2. The van der Waals surface area contributed by atoms with E-state index in [1.807, 2.05) is 0 Å². The van der Waals surface area contributed by atoms with Crippen LogP contribution in [-0.2, 0) is 19.1 Å². The van der Waals surface area contributed by atoms with Crippen molar-refractivity contribution in [2.24, 2.45) is 11.8 Å². The molecule has 5 atom stereocenters. The van der Waals surface area contributed by atoms with Crippen LogP contribution in [0.2, 0.25) is 0 Å². The van der Waals surface area contributed by atoms with Crippen molar-refractivity contribution in [1.29, 1.82) is 0 Å². The summed E-state index contributed by atoms with van der Waals surface area (Å²) in [6.45, 7) is 3.96. The standard InChI is InChI=1S/C23H28N2O7/c1-3-11-24(14-5-7-15(31-2)8-6-14)21(28)19-23-10-9-16(32-23)17(22(29)30)18(23)20(27)25(19)12-4-13-26/h3,5-8,16-19,26H,1,4,9-13H2,2H3,(H,29,30)/t16-,17+,18+,19?,23?/m1/s1. The monoisotopic (exact) mass is 444 g/mol. The number of carboxylic acid groups (broad SMARTS) is 1. The molecule has 1 spiro atoms. The molecule has 172 valence electrons. The zero-order chi connectivity index (χ0) is 23.0. The number of benzene rings is 1. The number of likely N-dealkylation sites (tertiary alicyclic amines) is 1. The Morgan fingerprint density at radius 3 is 2.69 bits per heavy atom. The minimum atomic E-state index is -1.18. The Kier molecular flexibility index (Phi) is 5.96. The first-order chi connectivity index (χ1) is 15.4. The summed E-state index contributed by atoms with van der Waals surface area (Å²) in [6.07, 6.45) is 2.23. The van der Waals surface area contributed by atoms with Gasteiger partial charge in [0.25, 0.3) is 5.91 Å². The van der Waals surface area contributed by atoms with Gasteiger partial charge in [-0.2, -0.15) is 0 Å². The van der Waals surface area contributed by atoms with Gasteiger partial charge in [0.2, 0.25) is 5.91 Å². The Hall–Kier alpha value is -2.91. The first-order valence-electron chi connectivity index (χ1n) is 10.8. The number of carbonyl (C=O) groups excluding carboxylic acids is 2. The van der Waals surface area contributed by atoms with Crippen LogP contribution in [0.1, 0.15) is 19.3 Å². The number of aliphatic carboxylic acids is 1. The van der Waals surface area contributed by atoms with E-state index >= 15 is 0 Å². The van der Waals surface area contributed by atoms with Gasteiger partial charge in [0.15, 0.2) is 0 Å². The van der Waals surface area contributed by atoms with Crippen molar-refractivity contribution in [3.8, 4) is 5.75 Å². The van der Waals surface area contributed by atoms with Crippen LogP contribution in [0.25, 0.3) is 0 Å². The molecule has 32 heavy (non-hydrogen) atoms. The van der Waals surface area contributed by atoms with Crippen LogP contribution in [0.15, 0.2) is 36.9 Å². The third-order valence-electron chi connectivity index (χ3n) is 6.84. The molecule has 3 heterocycles. The van der Waals surface area contributed by atoms with Gasteiger partial charge >= 0.3 is 5.97 Å². The van der Waals surface area contributed by atoms with Gasteiger partial charge in [-0.1, -0.05) is 6.08 Å². The second kappa shape index (κ2) is 8.55. The van der Waals surface area contributed by atoms with Crippen molar-refractivity contribution in [3.05, 3.63) is 36.9 Å². The molecule has 0 aliphatic carbocycles. The fourth-order valence-electron chi connectivity index (χ4n) is 5.56. The molecule has 2 amide bonds. The Labute approximate surface area is 186 Å². The topological polar surface area (TPSA) is 117 Å². The van der Waals surface area contributed by atoms with Gasteiger partial charge < -0.3 is 29.5 Å². The van der Waals surface area contributed by atoms with Gasteiger partial charge in [0, 0.05) is 25.4 Å². The van der Waals surface area contributed by atoms with Gasteiger partial charge in [0.05, 0.1) is 25.0 Å². The van der Waals surface area contributed by atoms with E-state index in [2.05, 4.69) is 6.58 Å². The molecule has 3 saturated heterocycles. The normalized spacial score (nSPS) is 30.3. The molecule has 2 bridgehead atoms. The highest BCUT2D eigenvalue weighted by Crippen LogP contribution is 2.58. The van der Waals surface area contributed by atoms with Crippen molar-refractivity contribution in [1.82, 2.24) is 4.90 Å². The van der Waals surface area contributed by atoms with Crippen LogP contribution in [-0.4, -0.2) is 77.4 Å². The van der Waals surface area contributed by atoms with E-state index in [9.17, 15) is 24.6 Å². The number of rotatable bonds is 9. The summed E-state index contributed by atoms with van der Waals surface area (Å²) in [7, 11) is 1.55. The van der Waals surface area contributed by atoms with Gasteiger partial charge in [-0.05, 0) is 43.5 Å². The predicted octanol–water partition coefficient (Wildman–Crippen LogP) is 1.06. The van der Waals surface area contributed by atoms with Gasteiger partial charge in [0.1, 0.15) is 17.4 Å². The Balaban J connectivity index is 1.75. The van der Waals surface area contributed by atoms with E-state index in [0.29, 0.717) is 24.3 Å². The summed E-state index contributed by atoms with van der Waals surface area (Å²) in [4.78, 5) is 42.3. The van der Waals surface area contributed by atoms with Crippen molar-refractivity contribution in [2.75, 3.05) is 31.7 Å². The maximum Gasteiger partial charge on any atom is 0.310 e. The molecule has 2 unspecified atom stereocenters. The Morgan fingerprint density at radius 2 is 2.09 bits per heavy atom. The van der Waals surface area contributed by atoms with Crippen LogP contribution in [0.4, 0.5) is 5.69 Å². The number of methoxy groups -OCH3 is 1.